The summed E-state index contributed by atoms with van der Waals surface area (Å²) in [5.74, 6) is 3.22. The monoisotopic (exact) mass is 400 g/mol. The molecule has 2 aromatic carbocycles. The van der Waals surface area contributed by atoms with Crippen molar-refractivity contribution in [2.45, 2.75) is 0 Å². The van der Waals surface area contributed by atoms with Gasteiger partial charge in [0.25, 0.3) is 0 Å². The van der Waals surface area contributed by atoms with Crippen LogP contribution in [0.3, 0.4) is 0 Å². The normalized spacial score (nSPS) is 10.4. The molecule has 0 aliphatic carbocycles. The Kier molecular flexibility index (Phi) is 6.01. The third-order valence-corrected chi connectivity index (χ3v) is 4.53. The van der Waals surface area contributed by atoms with Gasteiger partial charge in [-0.1, -0.05) is 0 Å². The van der Waals surface area contributed by atoms with Gasteiger partial charge in [-0.05, 0) is 24.3 Å². The van der Waals surface area contributed by atoms with E-state index >= 15 is 0 Å². The molecule has 0 atom stereocenters. The van der Waals surface area contributed by atoms with Crippen molar-refractivity contribution in [3.8, 4) is 57.0 Å². The molecular weight excluding hydrogens is 376 g/mol. The molecule has 1 N–H and O–H groups in total. The lowest BCUT2D eigenvalue weighted by Gasteiger charge is -2.15. The molecule has 8 heteroatoms. The summed E-state index contributed by atoms with van der Waals surface area (Å²) in [6, 6.07) is 7.41. The number of hydrogen-bond donors (Lipinski definition) is 1. The molecule has 0 radical (unpaired) electrons. The highest BCUT2D eigenvalue weighted by molar-refractivity contribution is 5.82. The maximum Gasteiger partial charge on any atom is 0.203 e. The first-order chi connectivity index (χ1) is 14.1. The van der Waals surface area contributed by atoms with Crippen LogP contribution in [0.2, 0.25) is 0 Å². The van der Waals surface area contributed by atoms with Crippen molar-refractivity contribution >= 4 is 0 Å². The van der Waals surface area contributed by atoms with Gasteiger partial charge in [-0.15, -0.1) is 0 Å². The molecule has 29 heavy (non-hydrogen) atoms. The minimum Gasteiger partial charge on any atom is -0.493 e. The molecule has 0 aliphatic heterocycles. The van der Waals surface area contributed by atoms with Crippen LogP contribution in [0.25, 0.3) is 22.5 Å². The maximum atomic E-state index is 5.47. The lowest BCUT2D eigenvalue weighted by molar-refractivity contribution is 0.324. The van der Waals surface area contributed by atoms with E-state index in [0.29, 0.717) is 40.2 Å². The number of methoxy groups -OCH3 is 6. The van der Waals surface area contributed by atoms with Gasteiger partial charge in [0, 0.05) is 11.1 Å². The molecule has 0 amide bonds. The van der Waals surface area contributed by atoms with Crippen LogP contribution < -0.4 is 28.4 Å². The summed E-state index contributed by atoms with van der Waals surface area (Å²) < 4.78 is 32.7. The van der Waals surface area contributed by atoms with E-state index in [4.69, 9.17) is 28.4 Å². The second-order valence-electron chi connectivity index (χ2n) is 5.95. The second kappa shape index (κ2) is 8.64. The molecule has 1 heterocycles. The van der Waals surface area contributed by atoms with Crippen molar-refractivity contribution in [2.24, 2.45) is 0 Å². The van der Waals surface area contributed by atoms with Gasteiger partial charge in [-0.2, -0.15) is 0 Å². The zero-order valence-electron chi connectivity index (χ0n) is 17.3. The van der Waals surface area contributed by atoms with Gasteiger partial charge < -0.3 is 33.4 Å². The molecule has 3 aromatic rings. The van der Waals surface area contributed by atoms with Gasteiger partial charge in [0.2, 0.25) is 11.5 Å². The molecule has 8 nitrogen and oxygen atoms in total. The topological polar surface area (TPSA) is 84.1 Å². The van der Waals surface area contributed by atoms with Gasteiger partial charge in [0.15, 0.2) is 23.0 Å². The van der Waals surface area contributed by atoms with Crippen LogP contribution in [0.1, 0.15) is 0 Å². The number of benzene rings is 2. The van der Waals surface area contributed by atoms with E-state index in [1.807, 2.05) is 24.3 Å². The lowest BCUT2D eigenvalue weighted by Crippen LogP contribution is -1.97. The molecule has 0 bridgehead atoms. The number of aromatic nitrogens is 2. The van der Waals surface area contributed by atoms with Crippen LogP contribution in [0, 0.1) is 0 Å². The number of ether oxygens (including phenoxy) is 6. The van der Waals surface area contributed by atoms with Crippen molar-refractivity contribution in [2.75, 3.05) is 42.7 Å². The number of imidazole rings is 1. The molecule has 1 aromatic heterocycles. The van der Waals surface area contributed by atoms with Gasteiger partial charge in [-0.3, -0.25) is 0 Å². The van der Waals surface area contributed by atoms with Crippen LogP contribution in [0.5, 0.6) is 34.5 Å². The van der Waals surface area contributed by atoms with Crippen molar-refractivity contribution in [1.29, 1.82) is 0 Å². The minimum absolute atomic E-state index is 0.517. The van der Waals surface area contributed by atoms with Gasteiger partial charge in [-0.25, -0.2) is 4.98 Å². The summed E-state index contributed by atoms with van der Waals surface area (Å²) in [7, 11) is 9.44. The van der Waals surface area contributed by atoms with Crippen molar-refractivity contribution in [3.63, 3.8) is 0 Å². The molecule has 0 unspecified atom stereocenters. The number of aromatic amines is 1. The Balaban J connectivity index is 2.19. The molecule has 154 valence electrons. The van der Waals surface area contributed by atoms with Crippen LogP contribution >= 0.6 is 0 Å². The first-order valence-electron chi connectivity index (χ1n) is 8.75. The third-order valence-electron chi connectivity index (χ3n) is 4.53. The molecule has 3 rings (SSSR count). The predicted octanol–water partition coefficient (Wildman–Crippen LogP) is 3.80. The SMILES string of the molecule is COc1cc(-c2nc[nH]c2-c2cc(OC)c(OC)c(OC)c2)cc(OC)c1OC. The maximum absolute atomic E-state index is 5.47. The number of nitrogens with one attached hydrogen (secondary N) is 1. The number of nitrogens with zero attached hydrogens (tertiary/aromatic N) is 1. The molecule has 0 fully saturated rings. The summed E-state index contributed by atoms with van der Waals surface area (Å²) in [6.45, 7) is 0. The van der Waals surface area contributed by atoms with Gasteiger partial charge in [0.1, 0.15) is 0 Å². The van der Waals surface area contributed by atoms with Crippen molar-refractivity contribution in [1.82, 2.24) is 9.97 Å². The molecule has 0 spiro atoms. The Bertz CT molecular complexity index is 871. The highest BCUT2D eigenvalue weighted by atomic mass is 16.5. The molecular formula is C21H24N2O6. The Morgan fingerprint density at radius 1 is 0.586 bits per heavy atom. The summed E-state index contributed by atoms with van der Waals surface area (Å²) >= 11 is 0. The van der Waals surface area contributed by atoms with E-state index in [0.717, 1.165) is 16.8 Å². The van der Waals surface area contributed by atoms with Crippen LogP contribution in [-0.2, 0) is 0 Å². The van der Waals surface area contributed by atoms with E-state index < -0.39 is 0 Å². The van der Waals surface area contributed by atoms with Crippen LogP contribution in [0.4, 0.5) is 0 Å². The Morgan fingerprint density at radius 2 is 1.00 bits per heavy atom. The zero-order chi connectivity index (χ0) is 21.0. The van der Waals surface area contributed by atoms with Gasteiger partial charge in [0.05, 0.1) is 60.4 Å². The average molecular weight is 400 g/mol. The summed E-state index contributed by atoms with van der Waals surface area (Å²) in [5, 5.41) is 0. The van der Waals surface area contributed by atoms with E-state index in [9.17, 15) is 0 Å². The second-order valence-corrected chi connectivity index (χ2v) is 5.95. The minimum atomic E-state index is 0.517. The number of hydrogen-bond acceptors (Lipinski definition) is 7. The summed E-state index contributed by atoms with van der Waals surface area (Å²) in [4.78, 5) is 7.69. The van der Waals surface area contributed by atoms with E-state index in [1.165, 1.54) is 0 Å². The van der Waals surface area contributed by atoms with Gasteiger partial charge >= 0.3 is 0 Å². The zero-order valence-corrected chi connectivity index (χ0v) is 17.3. The predicted molar refractivity (Wildman–Crippen MR) is 109 cm³/mol. The molecule has 0 saturated carbocycles. The van der Waals surface area contributed by atoms with E-state index in [-0.39, 0.29) is 0 Å². The first kappa shape index (κ1) is 20.2. The standard InChI is InChI=1S/C21H24N2O6/c1-24-14-7-12(8-15(25-2)20(14)28-5)18-19(23-11-22-18)13-9-16(26-3)21(29-6)17(10-13)27-4/h7-11H,1-6H3,(H,22,23). The molecule has 0 aliphatic rings. The quantitative estimate of drug-likeness (QED) is 0.616. The first-order valence-corrected chi connectivity index (χ1v) is 8.75. The Morgan fingerprint density at radius 3 is 1.38 bits per heavy atom. The summed E-state index contributed by atoms with van der Waals surface area (Å²) in [6.07, 6.45) is 1.62. The Hall–Kier alpha value is -3.55. The fourth-order valence-electron chi connectivity index (χ4n) is 3.18. The number of rotatable bonds is 8. The average Bonchev–Trinajstić information content (AvgIpc) is 3.26. The highest BCUT2D eigenvalue weighted by Crippen LogP contribution is 2.45. The van der Waals surface area contributed by atoms with Crippen molar-refractivity contribution in [3.05, 3.63) is 30.6 Å². The number of H-pyrrole nitrogens is 1. The molecule has 0 saturated heterocycles. The highest BCUT2D eigenvalue weighted by Gasteiger charge is 2.20. The van der Waals surface area contributed by atoms with Crippen LogP contribution in [-0.4, -0.2) is 52.6 Å². The fourth-order valence-corrected chi connectivity index (χ4v) is 3.18. The van der Waals surface area contributed by atoms with E-state index in [2.05, 4.69) is 9.97 Å². The van der Waals surface area contributed by atoms with Crippen molar-refractivity contribution < 1.29 is 28.4 Å². The lowest BCUT2D eigenvalue weighted by atomic mass is 10.0. The largest absolute Gasteiger partial charge is 0.493 e. The fraction of sp³-hybridized carbons (Fsp3) is 0.286. The Labute approximate surface area is 169 Å². The van der Waals surface area contributed by atoms with Crippen LogP contribution in [0.15, 0.2) is 30.6 Å². The van der Waals surface area contributed by atoms with E-state index in [1.54, 1.807) is 49.0 Å². The third kappa shape index (κ3) is 3.61. The smallest absolute Gasteiger partial charge is 0.203 e. The summed E-state index contributed by atoms with van der Waals surface area (Å²) in [5.41, 5.74) is 3.10.